The first-order chi connectivity index (χ1) is 8.20. The molecule has 0 bridgehead atoms. The molecule has 0 radical (unpaired) electrons. The summed E-state index contributed by atoms with van der Waals surface area (Å²) >= 11 is 0. The molecule has 98 valence electrons. The Morgan fingerprint density at radius 3 is 2.65 bits per heavy atom. The molecule has 17 heavy (non-hydrogen) atoms. The van der Waals surface area contributed by atoms with Crippen LogP contribution in [0.1, 0.15) is 45.4 Å². The van der Waals surface area contributed by atoms with Gasteiger partial charge in [-0.15, -0.1) is 0 Å². The Kier molecular flexibility index (Phi) is 10.3. The lowest BCUT2D eigenvalue weighted by molar-refractivity contribution is -0.143. The molecule has 0 heterocycles. The molecule has 0 aliphatic carbocycles. The summed E-state index contributed by atoms with van der Waals surface area (Å²) in [6, 6.07) is 0. The van der Waals surface area contributed by atoms with Crippen LogP contribution < -0.4 is 5.32 Å². The number of hydrogen-bond acceptors (Lipinski definition) is 3. The summed E-state index contributed by atoms with van der Waals surface area (Å²) in [5, 5.41) is 2.69. The van der Waals surface area contributed by atoms with Gasteiger partial charge in [0, 0.05) is 13.0 Å². The summed E-state index contributed by atoms with van der Waals surface area (Å²) in [6.45, 7) is 6.59. The molecule has 0 atom stereocenters. The monoisotopic (exact) mass is 241 g/mol. The van der Waals surface area contributed by atoms with E-state index in [2.05, 4.69) is 18.8 Å². The molecular weight excluding hydrogens is 218 g/mol. The molecular formula is C13H23NO3. The van der Waals surface area contributed by atoms with Gasteiger partial charge in [-0.3, -0.25) is 9.59 Å². The van der Waals surface area contributed by atoms with Gasteiger partial charge in [0.15, 0.2) is 0 Å². The van der Waals surface area contributed by atoms with Crippen molar-refractivity contribution in [3.8, 4) is 0 Å². The number of amides is 1. The molecule has 0 saturated heterocycles. The van der Waals surface area contributed by atoms with Crippen LogP contribution in [0.4, 0.5) is 0 Å². The maximum absolute atomic E-state index is 11.2. The van der Waals surface area contributed by atoms with Gasteiger partial charge in [-0.05, 0) is 25.3 Å². The topological polar surface area (TPSA) is 55.4 Å². The highest BCUT2D eigenvalue weighted by molar-refractivity contribution is 5.86. The first-order valence-electron chi connectivity index (χ1n) is 6.26. The van der Waals surface area contributed by atoms with Gasteiger partial charge in [-0.25, -0.2) is 0 Å². The van der Waals surface area contributed by atoms with Crippen LogP contribution in [0.15, 0.2) is 12.7 Å². The number of ether oxygens (including phenoxy) is 1. The molecule has 0 saturated carbocycles. The van der Waals surface area contributed by atoms with E-state index in [1.54, 1.807) is 0 Å². The largest absolute Gasteiger partial charge is 0.466 e. The minimum Gasteiger partial charge on any atom is -0.466 e. The smallest absolute Gasteiger partial charge is 0.305 e. The molecule has 0 spiro atoms. The molecule has 4 heteroatoms. The Morgan fingerprint density at radius 1 is 1.24 bits per heavy atom. The number of unbranched alkanes of at least 4 members (excludes halogenated alkanes) is 3. The quantitative estimate of drug-likeness (QED) is 0.362. The highest BCUT2D eigenvalue weighted by atomic mass is 16.5. The molecule has 0 rings (SSSR count). The standard InChI is InChI=1S/C13H23NO3/c1-3-5-11-17-13(16)9-7-6-8-10-14-12(15)4-2/h4H,2-3,5-11H2,1H3,(H,14,15). The normalized spacial score (nSPS) is 9.71. The summed E-state index contributed by atoms with van der Waals surface area (Å²) in [6.07, 6.45) is 6.30. The Bertz CT molecular complexity index is 239. The van der Waals surface area contributed by atoms with Gasteiger partial charge < -0.3 is 10.1 Å². The highest BCUT2D eigenvalue weighted by Gasteiger charge is 2.01. The van der Waals surface area contributed by atoms with Crippen molar-refractivity contribution >= 4 is 11.9 Å². The van der Waals surface area contributed by atoms with Gasteiger partial charge in [0.2, 0.25) is 5.91 Å². The fourth-order valence-electron chi connectivity index (χ4n) is 1.26. The number of nitrogens with one attached hydrogen (secondary N) is 1. The van der Waals surface area contributed by atoms with Crippen LogP contribution >= 0.6 is 0 Å². The van der Waals surface area contributed by atoms with Gasteiger partial charge in [0.05, 0.1) is 6.61 Å². The minimum atomic E-state index is -0.149. The fourth-order valence-corrected chi connectivity index (χ4v) is 1.26. The predicted octanol–water partition coefficient (Wildman–Crippen LogP) is 2.19. The predicted molar refractivity (Wildman–Crippen MR) is 67.5 cm³/mol. The zero-order chi connectivity index (χ0) is 12.9. The lowest BCUT2D eigenvalue weighted by Gasteiger charge is -2.04. The van der Waals surface area contributed by atoms with E-state index in [0.717, 1.165) is 32.1 Å². The van der Waals surface area contributed by atoms with Crippen molar-refractivity contribution in [3.63, 3.8) is 0 Å². The number of hydrogen-bond donors (Lipinski definition) is 1. The second kappa shape index (κ2) is 11.2. The molecule has 1 amide bonds. The second-order valence-corrected chi connectivity index (χ2v) is 3.88. The van der Waals surface area contributed by atoms with Crippen LogP contribution in [0.3, 0.4) is 0 Å². The Morgan fingerprint density at radius 2 is 2.00 bits per heavy atom. The van der Waals surface area contributed by atoms with Crippen molar-refractivity contribution in [1.82, 2.24) is 5.32 Å². The highest BCUT2D eigenvalue weighted by Crippen LogP contribution is 2.01. The molecule has 0 aromatic heterocycles. The third kappa shape index (κ3) is 11.0. The summed E-state index contributed by atoms with van der Waals surface area (Å²) < 4.78 is 5.02. The lowest BCUT2D eigenvalue weighted by atomic mass is 10.2. The zero-order valence-electron chi connectivity index (χ0n) is 10.7. The molecule has 0 aromatic carbocycles. The third-order valence-electron chi connectivity index (χ3n) is 2.30. The van der Waals surface area contributed by atoms with E-state index in [4.69, 9.17) is 4.74 Å². The lowest BCUT2D eigenvalue weighted by Crippen LogP contribution is -2.21. The van der Waals surface area contributed by atoms with Crippen LogP contribution in [-0.4, -0.2) is 25.0 Å². The average Bonchev–Trinajstić information content (AvgIpc) is 2.33. The molecule has 0 unspecified atom stereocenters. The van der Waals surface area contributed by atoms with E-state index in [1.807, 2.05) is 0 Å². The maximum atomic E-state index is 11.2. The number of rotatable bonds is 10. The molecule has 0 fully saturated rings. The Labute approximate surface area is 103 Å². The first kappa shape index (κ1) is 15.7. The van der Waals surface area contributed by atoms with E-state index < -0.39 is 0 Å². The van der Waals surface area contributed by atoms with Crippen molar-refractivity contribution in [2.45, 2.75) is 45.4 Å². The maximum Gasteiger partial charge on any atom is 0.305 e. The molecule has 1 N–H and O–H groups in total. The molecule has 0 aliphatic heterocycles. The van der Waals surface area contributed by atoms with Crippen molar-refractivity contribution in [2.24, 2.45) is 0 Å². The van der Waals surface area contributed by atoms with Crippen molar-refractivity contribution < 1.29 is 14.3 Å². The van der Waals surface area contributed by atoms with Gasteiger partial charge in [0.1, 0.15) is 0 Å². The van der Waals surface area contributed by atoms with Crippen LogP contribution in [0, 0.1) is 0 Å². The second-order valence-electron chi connectivity index (χ2n) is 3.88. The molecule has 4 nitrogen and oxygen atoms in total. The van der Waals surface area contributed by atoms with Crippen molar-refractivity contribution in [3.05, 3.63) is 12.7 Å². The van der Waals surface area contributed by atoms with Crippen LogP contribution in [0.25, 0.3) is 0 Å². The summed E-state index contributed by atoms with van der Waals surface area (Å²) in [5.41, 5.74) is 0. The zero-order valence-corrected chi connectivity index (χ0v) is 10.7. The summed E-state index contributed by atoms with van der Waals surface area (Å²) in [4.78, 5) is 22.0. The third-order valence-corrected chi connectivity index (χ3v) is 2.30. The van der Waals surface area contributed by atoms with E-state index in [-0.39, 0.29) is 11.9 Å². The molecule has 0 aromatic rings. The number of carbonyl (C=O) groups excluding carboxylic acids is 2. The first-order valence-corrected chi connectivity index (χ1v) is 6.26. The van der Waals surface area contributed by atoms with Gasteiger partial charge in [-0.2, -0.15) is 0 Å². The fraction of sp³-hybridized carbons (Fsp3) is 0.692. The summed E-state index contributed by atoms with van der Waals surface area (Å²) in [7, 11) is 0. The van der Waals surface area contributed by atoms with Crippen LogP contribution in [0.5, 0.6) is 0 Å². The van der Waals surface area contributed by atoms with E-state index in [0.29, 0.717) is 19.6 Å². The van der Waals surface area contributed by atoms with Crippen LogP contribution in [0.2, 0.25) is 0 Å². The minimum absolute atomic E-state index is 0.117. The van der Waals surface area contributed by atoms with Crippen LogP contribution in [-0.2, 0) is 14.3 Å². The van der Waals surface area contributed by atoms with Gasteiger partial charge in [0.25, 0.3) is 0 Å². The van der Waals surface area contributed by atoms with Gasteiger partial charge >= 0.3 is 5.97 Å². The molecule has 0 aliphatic rings. The van der Waals surface area contributed by atoms with Crippen molar-refractivity contribution in [2.75, 3.05) is 13.2 Å². The summed E-state index contributed by atoms with van der Waals surface area (Å²) in [5.74, 6) is -0.266. The Hall–Kier alpha value is -1.32. The van der Waals surface area contributed by atoms with E-state index in [9.17, 15) is 9.59 Å². The van der Waals surface area contributed by atoms with E-state index in [1.165, 1.54) is 6.08 Å². The average molecular weight is 241 g/mol. The van der Waals surface area contributed by atoms with E-state index >= 15 is 0 Å². The SMILES string of the molecule is C=CC(=O)NCCCCCC(=O)OCCCC. The number of esters is 1. The Balaban J connectivity index is 3.24. The van der Waals surface area contributed by atoms with Gasteiger partial charge in [-0.1, -0.05) is 26.3 Å². The number of carbonyl (C=O) groups is 2. The van der Waals surface area contributed by atoms with Crippen molar-refractivity contribution in [1.29, 1.82) is 0 Å².